The van der Waals surface area contributed by atoms with Crippen LogP contribution < -0.4 is 21.7 Å². The summed E-state index contributed by atoms with van der Waals surface area (Å²) >= 11 is 0. The fourth-order valence-corrected chi connectivity index (χ4v) is 9.32. The average molecular weight is 766 g/mol. The van der Waals surface area contributed by atoms with Crippen molar-refractivity contribution in [1.29, 1.82) is 0 Å². The van der Waals surface area contributed by atoms with E-state index in [0.717, 1.165) is 59.0 Å². The second kappa shape index (κ2) is 14.8. The molecule has 0 bridgehead atoms. The Morgan fingerprint density at radius 3 is 2.35 bits per heavy atom. The summed E-state index contributed by atoms with van der Waals surface area (Å²) in [5.41, 5.74) is 18.3. The van der Waals surface area contributed by atoms with Crippen molar-refractivity contribution < 1.29 is 28.4 Å². The molecule has 5 aromatic rings. The van der Waals surface area contributed by atoms with E-state index in [0.29, 0.717) is 68.5 Å². The number of hydrogen-bond acceptors (Lipinski definition) is 8. The van der Waals surface area contributed by atoms with Crippen molar-refractivity contribution in [2.75, 3.05) is 32.8 Å². The zero-order valence-electron chi connectivity index (χ0n) is 32.3. The summed E-state index contributed by atoms with van der Waals surface area (Å²) in [6, 6.07) is 29.5. The third-order valence-corrected chi connectivity index (χ3v) is 12.8. The molecule has 4 aliphatic rings. The first-order valence-corrected chi connectivity index (χ1v) is 20.1. The number of ether oxygens (including phenoxy) is 1. The standard InChI is InChI=1S/C45H48BN5O6/c1-44(36-9-4-10-38-35(36)25-39(49-38)42(53)51-17-13-32(14-18-51)33-7-2-6-30(21-33)26-47)43(54)56-46(57-44)34-8-3-5-29(22-34)24-41(52)50-19-15-45(16-20-50)28-55-40-12-11-31(27-48)23-37(40)45/h2-12,21-23,25,32,49H,13-20,24,26-28,47-48H2,1H3/t44-/m0/s1. The smallest absolute Gasteiger partial charge is 0.503 e. The fraction of sp³-hybridized carbons (Fsp3) is 0.356. The number of nitrogens with two attached hydrogens (primary N) is 2. The highest BCUT2D eigenvalue weighted by atomic mass is 16.7. The van der Waals surface area contributed by atoms with Gasteiger partial charge in [-0.15, -0.1) is 0 Å². The molecule has 1 atom stereocenters. The van der Waals surface area contributed by atoms with E-state index in [1.807, 2.05) is 76.5 Å². The van der Waals surface area contributed by atoms with Crippen LogP contribution >= 0.6 is 0 Å². The van der Waals surface area contributed by atoms with Crippen molar-refractivity contribution in [3.8, 4) is 5.75 Å². The second-order valence-corrected chi connectivity index (χ2v) is 16.3. The van der Waals surface area contributed by atoms with Crippen LogP contribution in [-0.2, 0) is 49.4 Å². The summed E-state index contributed by atoms with van der Waals surface area (Å²) in [4.78, 5) is 48.2. The maximum atomic E-state index is 13.8. The molecule has 57 heavy (non-hydrogen) atoms. The highest BCUT2D eigenvalue weighted by Gasteiger charge is 2.52. The SMILES string of the molecule is C[C@@]1(c2cccc3[nH]c(C(=O)N4CCC(c5cccc(CN)c5)CC4)cc23)OB(c2cccc(CC(=O)N3CCC4(CC3)COc3ccc(CN)cc34)c2)OC1=O. The lowest BCUT2D eigenvalue weighted by Gasteiger charge is -2.38. The van der Waals surface area contributed by atoms with Gasteiger partial charge in [-0.25, -0.2) is 0 Å². The molecule has 1 spiro atoms. The molecular formula is C45H48BN5O6. The highest BCUT2D eigenvalue weighted by Crippen LogP contribution is 2.46. The molecule has 3 saturated heterocycles. The Kier molecular flexibility index (Phi) is 9.67. The van der Waals surface area contributed by atoms with Gasteiger partial charge in [-0.3, -0.25) is 14.4 Å². The summed E-state index contributed by atoms with van der Waals surface area (Å²) in [6.07, 6.45) is 3.64. The van der Waals surface area contributed by atoms with Crippen LogP contribution in [0, 0.1) is 0 Å². The first-order valence-electron chi connectivity index (χ1n) is 20.1. The van der Waals surface area contributed by atoms with Crippen LogP contribution in [0.25, 0.3) is 10.9 Å². The summed E-state index contributed by atoms with van der Waals surface area (Å²) in [6.45, 7) is 5.93. The number of carbonyl (C=O) groups is 3. The molecule has 0 aliphatic carbocycles. The molecule has 9 rings (SSSR count). The number of fused-ring (bicyclic) bond motifs is 3. The fourth-order valence-electron chi connectivity index (χ4n) is 9.32. The van der Waals surface area contributed by atoms with Gasteiger partial charge in [0.15, 0.2) is 5.60 Å². The molecule has 4 aliphatic heterocycles. The van der Waals surface area contributed by atoms with Crippen LogP contribution in [0.15, 0.2) is 91.0 Å². The van der Waals surface area contributed by atoms with Gasteiger partial charge >= 0.3 is 13.1 Å². The van der Waals surface area contributed by atoms with E-state index in [1.54, 1.807) is 6.92 Å². The van der Waals surface area contributed by atoms with Crippen molar-refractivity contribution >= 4 is 41.3 Å². The molecule has 0 unspecified atom stereocenters. The Bertz CT molecular complexity index is 2360. The van der Waals surface area contributed by atoms with Gasteiger partial charge in [0.2, 0.25) is 5.91 Å². The lowest BCUT2D eigenvalue weighted by Crippen LogP contribution is -2.46. The number of H-pyrrole nitrogens is 1. The molecule has 4 aromatic carbocycles. The van der Waals surface area contributed by atoms with Crippen molar-refractivity contribution in [3.05, 3.63) is 130 Å². The third-order valence-electron chi connectivity index (χ3n) is 12.8. The maximum absolute atomic E-state index is 13.8. The molecule has 1 aromatic heterocycles. The Labute approximate surface area is 332 Å². The van der Waals surface area contributed by atoms with E-state index in [-0.39, 0.29) is 23.7 Å². The molecule has 0 radical (unpaired) electrons. The lowest BCUT2D eigenvalue weighted by molar-refractivity contribution is -0.142. The molecule has 5 N–H and O–H groups in total. The quantitative estimate of drug-likeness (QED) is 0.191. The van der Waals surface area contributed by atoms with Crippen LogP contribution in [0.5, 0.6) is 5.75 Å². The topological polar surface area (TPSA) is 153 Å². The third kappa shape index (κ3) is 6.79. The van der Waals surface area contributed by atoms with Gasteiger partial charge in [-0.1, -0.05) is 72.8 Å². The number of aromatic amines is 1. The number of nitrogens with zero attached hydrogens (tertiary/aromatic N) is 2. The Hall–Kier alpha value is -5.43. The highest BCUT2D eigenvalue weighted by molar-refractivity contribution is 6.64. The van der Waals surface area contributed by atoms with Gasteiger partial charge in [0, 0.05) is 66.7 Å². The Balaban J connectivity index is 0.854. The van der Waals surface area contributed by atoms with Crippen LogP contribution in [0.3, 0.4) is 0 Å². The number of aromatic nitrogens is 1. The first-order chi connectivity index (χ1) is 27.7. The minimum atomic E-state index is -1.42. The van der Waals surface area contributed by atoms with E-state index >= 15 is 0 Å². The van der Waals surface area contributed by atoms with Crippen LogP contribution in [0.2, 0.25) is 0 Å². The summed E-state index contributed by atoms with van der Waals surface area (Å²) in [5.74, 6) is 0.771. The van der Waals surface area contributed by atoms with Gasteiger partial charge in [0.1, 0.15) is 11.4 Å². The van der Waals surface area contributed by atoms with Crippen molar-refractivity contribution in [2.45, 2.75) is 69.1 Å². The molecule has 3 fully saturated rings. The predicted molar refractivity (Wildman–Crippen MR) is 218 cm³/mol. The normalized spacial score (nSPS) is 20.5. The van der Waals surface area contributed by atoms with Crippen molar-refractivity contribution in [1.82, 2.24) is 14.8 Å². The molecule has 0 saturated carbocycles. The number of likely N-dealkylation sites (tertiary alicyclic amines) is 2. The van der Waals surface area contributed by atoms with Gasteiger partial charge in [-0.2, -0.15) is 0 Å². The largest absolute Gasteiger partial charge is 0.565 e. The van der Waals surface area contributed by atoms with Crippen LogP contribution in [-0.4, -0.2) is 72.5 Å². The summed E-state index contributed by atoms with van der Waals surface area (Å²) in [5, 5.41) is 0.726. The average Bonchev–Trinajstić information content (AvgIpc) is 3.94. The predicted octanol–water partition coefficient (Wildman–Crippen LogP) is 4.78. The molecule has 12 heteroatoms. The van der Waals surface area contributed by atoms with Gasteiger partial charge in [0.25, 0.3) is 5.91 Å². The number of amides is 2. The lowest BCUT2D eigenvalue weighted by atomic mass is 9.74. The van der Waals surface area contributed by atoms with E-state index < -0.39 is 18.7 Å². The Morgan fingerprint density at radius 2 is 1.56 bits per heavy atom. The molecule has 5 heterocycles. The van der Waals surface area contributed by atoms with Crippen molar-refractivity contribution in [2.24, 2.45) is 11.5 Å². The minimum absolute atomic E-state index is 0.0529. The van der Waals surface area contributed by atoms with E-state index in [1.165, 1.54) is 11.1 Å². The van der Waals surface area contributed by atoms with Crippen LogP contribution in [0.1, 0.15) is 82.4 Å². The number of benzene rings is 4. The second-order valence-electron chi connectivity index (χ2n) is 16.3. The van der Waals surface area contributed by atoms with Gasteiger partial charge in [0.05, 0.1) is 13.0 Å². The van der Waals surface area contributed by atoms with E-state index in [4.69, 9.17) is 25.5 Å². The van der Waals surface area contributed by atoms with Gasteiger partial charge < -0.3 is 40.3 Å². The maximum Gasteiger partial charge on any atom is 0.565 e. The number of piperidine rings is 2. The number of hydrogen-bond donors (Lipinski definition) is 3. The monoisotopic (exact) mass is 765 g/mol. The number of nitrogens with one attached hydrogen (secondary N) is 1. The van der Waals surface area contributed by atoms with Crippen LogP contribution in [0.4, 0.5) is 0 Å². The summed E-state index contributed by atoms with van der Waals surface area (Å²) < 4.78 is 18.4. The van der Waals surface area contributed by atoms with Gasteiger partial charge in [-0.05, 0) is 84.4 Å². The zero-order chi connectivity index (χ0) is 39.3. The van der Waals surface area contributed by atoms with Crippen molar-refractivity contribution in [3.63, 3.8) is 0 Å². The number of carbonyl (C=O) groups excluding carboxylic acids is 3. The minimum Gasteiger partial charge on any atom is -0.503 e. The van der Waals surface area contributed by atoms with E-state index in [2.05, 4.69) is 29.2 Å². The Morgan fingerprint density at radius 1 is 0.825 bits per heavy atom. The number of rotatable bonds is 8. The molecule has 292 valence electrons. The molecular weight excluding hydrogens is 717 g/mol. The zero-order valence-corrected chi connectivity index (χ0v) is 32.3. The molecule has 2 amide bonds. The molecule has 11 nitrogen and oxygen atoms in total. The van der Waals surface area contributed by atoms with E-state index in [9.17, 15) is 14.4 Å². The first kappa shape index (κ1) is 37.2. The summed E-state index contributed by atoms with van der Waals surface area (Å²) in [7, 11) is -0.963.